The van der Waals surface area contributed by atoms with E-state index in [2.05, 4.69) is 18.0 Å². The molecule has 2 aliphatic rings. The summed E-state index contributed by atoms with van der Waals surface area (Å²) in [7, 11) is 1.63. The molecule has 2 atom stereocenters. The maximum absolute atomic E-state index is 13.4. The van der Waals surface area contributed by atoms with Gasteiger partial charge in [-0.1, -0.05) is 43.7 Å². The summed E-state index contributed by atoms with van der Waals surface area (Å²) in [6, 6.07) is 14.9. The molecule has 2 aliphatic heterocycles. The lowest BCUT2D eigenvalue weighted by atomic mass is 9.89. The first-order valence-electron chi connectivity index (χ1n) is 10.5. The van der Waals surface area contributed by atoms with Gasteiger partial charge in [-0.15, -0.1) is 0 Å². The molecule has 6 heteroatoms. The maximum Gasteiger partial charge on any atom is 0.328 e. The number of carbonyl (C=O) groups excluding carboxylic acids is 2. The third-order valence-corrected chi connectivity index (χ3v) is 6.28. The van der Waals surface area contributed by atoms with Crippen molar-refractivity contribution in [3.8, 4) is 5.75 Å². The van der Waals surface area contributed by atoms with Gasteiger partial charge in [-0.25, -0.2) is 4.79 Å². The zero-order valence-corrected chi connectivity index (χ0v) is 17.2. The van der Waals surface area contributed by atoms with Crippen molar-refractivity contribution in [2.75, 3.05) is 13.7 Å². The van der Waals surface area contributed by atoms with Crippen LogP contribution < -0.4 is 4.74 Å². The molecule has 2 aromatic carbocycles. The predicted octanol–water partition coefficient (Wildman–Crippen LogP) is 4.25. The molecule has 6 nitrogen and oxygen atoms in total. The minimum absolute atomic E-state index is 0.0859. The number of rotatable bonds is 5. The molecule has 0 bridgehead atoms. The average molecular weight is 403 g/mol. The van der Waals surface area contributed by atoms with Gasteiger partial charge >= 0.3 is 6.03 Å². The first-order valence-corrected chi connectivity index (χ1v) is 10.5. The van der Waals surface area contributed by atoms with Crippen LogP contribution in [0.15, 0.2) is 48.5 Å². The Kier molecular flexibility index (Phi) is 4.50. The third-order valence-electron chi connectivity index (χ3n) is 6.28. The van der Waals surface area contributed by atoms with Gasteiger partial charge in [0.1, 0.15) is 17.8 Å². The van der Waals surface area contributed by atoms with Crippen LogP contribution in [-0.2, 0) is 11.2 Å². The molecular weight excluding hydrogens is 378 g/mol. The molecule has 0 radical (unpaired) electrons. The minimum Gasteiger partial charge on any atom is -0.497 e. The highest BCUT2D eigenvalue weighted by Crippen LogP contribution is 2.44. The van der Waals surface area contributed by atoms with E-state index in [-0.39, 0.29) is 18.0 Å². The van der Waals surface area contributed by atoms with E-state index in [1.54, 1.807) is 12.0 Å². The summed E-state index contributed by atoms with van der Waals surface area (Å²) in [5, 5.41) is 1.12. The van der Waals surface area contributed by atoms with Crippen molar-refractivity contribution in [3.05, 3.63) is 65.4 Å². The Morgan fingerprint density at radius 1 is 1.13 bits per heavy atom. The zero-order valence-electron chi connectivity index (χ0n) is 17.2. The second-order valence-electron chi connectivity index (χ2n) is 8.00. The van der Waals surface area contributed by atoms with Gasteiger partial charge in [-0.05, 0) is 35.7 Å². The van der Waals surface area contributed by atoms with Gasteiger partial charge < -0.3 is 9.72 Å². The van der Waals surface area contributed by atoms with E-state index in [1.807, 2.05) is 42.5 Å². The number of para-hydroxylation sites is 1. The van der Waals surface area contributed by atoms with Gasteiger partial charge in [0.05, 0.1) is 7.11 Å². The van der Waals surface area contributed by atoms with Crippen molar-refractivity contribution in [1.29, 1.82) is 0 Å². The smallest absolute Gasteiger partial charge is 0.328 e. The molecule has 0 aliphatic carbocycles. The Morgan fingerprint density at radius 3 is 2.77 bits per heavy atom. The number of H-pyrrole nitrogens is 1. The second-order valence-corrected chi connectivity index (χ2v) is 8.00. The molecule has 5 rings (SSSR count). The van der Waals surface area contributed by atoms with Crippen LogP contribution in [0.4, 0.5) is 4.79 Å². The van der Waals surface area contributed by atoms with E-state index in [4.69, 9.17) is 4.74 Å². The average Bonchev–Trinajstić information content (AvgIpc) is 3.26. The highest BCUT2D eigenvalue weighted by molar-refractivity contribution is 6.05. The molecule has 1 aromatic heterocycles. The Hall–Kier alpha value is -3.28. The van der Waals surface area contributed by atoms with E-state index in [1.165, 1.54) is 4.90 Å². The maximum atomic E-state index is 13.4. The van der Waals surface area contributed by atoms with E-state index in [9.17, 15) is 9.59 Å². The molecule has 30 heavy (non-hydrogen) atoms. The summed E-state index contributed by atoms with van der Waals surface area (Å²) >= 11 is 0. The third kappa shape index (κ3) is 2.70. The first kappa shape index (κ1) is 18.7. The summed E-state index contributed by atoms with van der Waals surface area (Å²) in [6.07, 6.45) is 2.29. The minimum atomic E-state index is -0.475. The van der Waals surface area contributed by atoms with Crippen molar-refractivity contribution in [2.24, 2.45) is 0 Å². The molecule has 0 spiro atoms. The van der Waals surface area contributed by atoms with Gasteiger partial charge in [0.2, 0.25) is 0 Å². The highest BCUT2D eigenvalue weighted by atomic mass is 16.5. The molecule has 3 aromatic rings. The number of fused-ring (bicyclic) bond motifs is 4. The number of unbranched alkanes of at least 4 members (excludes halogenated alkanes) is 1. The van der Waals surface area contributed by atoms with Crippen LogP contribution in [0.25, 0.3) is 10.9 Å². The summed E-state index contributed by atoms with van der Waals surface area (Å²) in [5.41, 5.74) is 4.07. The van der Waals surface area contributed by atoms with E-state index in [0.717, 1.165) is 46.3 Å². The van der Waals surface area contributed by atoms with Gasteiger partial charge in [0.25, 0.3) is 5.91 Å². The normalized spacial score (nSPS) is 20.6. The van der Waals surface area contributed by atoms with Crippen LogP contribution in [0.2, 0.25) is 0 Å². The van der Waals surface area contributed by atoms with Crippen LogP contribution >= 0.6 is 0 Å². The number of nitrogens with zero attached hydrogens (tertiary/aromatic N) is 2. The van der Waals surface area contributed by atoms with Crippen molar-refractivity contribution >= 4 is 22.8 Å². The number of ether oxygens (including phenoxy) is 1. The molecular formula is C24H25N3O3. The van der Waals surface area contributed by atoms with E-state index >= 15 is 0 Å². The number of amides is 3. The molecule has 0 unspecified atom stereocenters. The number of aromatic nitrogens is 1. The fourth-order valence-corrected chi connectivity index (χ4v) is 4.81. The summed E-state index contributed by atoms with van der Waals surface area (Å²) < 4.78 is 5.44. The van der Waals surface area contributed by atoms with Crippen molar-refractivity contribution in [1.82, 2.24) is 14.8 Å². The molecule has 154 valence electrons. The van der Waals surface area contributed by atoms with Gasteiger partial charge in [0, 0.05) is 29.6 Å². The molecule has 1 saturated heterocycles. The van der Waals surface area contributed by atoms with Gasteiger partial charge in [-0.2, -0.15) is 0 Å². The molecule has 1 fully saturated rings. The lowest BCUT2D eigenvalue weighted by molar-refractivity contribution is -0.128. The van der Waals surface area contributed by atoms with E-state index in [0.29, 0.717) is 13.0 Å². The zero-order chi connectivity index (χ0) is 20.8. The van der Waals surface area contributed by atoms with Crippen LogP contribution in [0.5, 0.6) is 5.75 Å². The fraction of sp³-hybridized carbons (Fsp3) is 0.333. The molecule has 0 saturated carbocycles. The van der Waals surface area contributed by atoms with E-state index < -0.39 is 6.04 Å². The summed E-state index contributed by atoms with van der Waals surface area (Å²) in [5.74, 6) is 0.644. The lowest BCUT2D eigenvalue weighted by Gasteiger charge is -2.36. The van der Waals surface area contributed by atoms with Crippen molar-refractivity contribution in [3.63, 3.8) is 0 Å². The standard InChI is InChI=1S/C24H25N3O3/c1-3-4-12-26-23(28)20-14-18-17-10-5-6-11-19(17)25-21(18)22(27(20)24(26)29)15-8-7-9-16(13-15)30-2/h5-11,13,20,22,25H,3-4,12,14H2,1-2H3/t20-,22+/m1/s1. The number of urea groups is 1. The van der Waals surface area contributed by atoms with Crippen molar-refractivity contribution < 1.29 is 14.3 Å². The molecule has 1 N–H and O–H groups in total. The summed E-state index contributed by atoms with van der Waals surface area (Å²) in [6.45, 7) is 2.54. The molecule has 3 amide bonds. The Morgan fingerprint density at radius 2 is 1.97 bits per heavy atom. The molecule has 3 heterocycles. The quantitative estimate of drug-likeness (QED) is 0.648. The monoisotopic (exact) mass is 403 g/mol. The Balaban J connectivity index is 1.68. The number of hydrogen-bond acceptors (Lipinski definition) is 3. The number of carbonyl (C=O) groups is 2. The van der Waals surface area contributed by atoms with Crippen LogP contribution in [-0.4, -0.2) is 46.4 Å². The topological polar surface area (TPSA) is 65.6 Å². The predicted molar refractivity (Wildman–Crippen MR) is 114 cm³/mol. The number of hydrogen-bond donors (Lipinski definition) is 1. The second kappa shape index (κ2) is 7.20. The number of nitrogens with one attached hydrogen (secondary N) is 1. The summed E-state index contributed by atoms with van der Waals surface area (Å²) in [4.78, 5) is 33.4. The van der Waals surface area contributed by atoms with Gasteiger partial charge in [-0.3, -0.25) is 14.6 Å². The first-order chi connectivity index (χ1) is 14.6. The lowest BCUT2D eigenvalue weighted by Crippen LogP contribution is -2.44. The Bertz CT molecular complexity index is 1140. The van der Waals surface area contributed by atoms with Crippen LogP contribution in [0.3, 0.4) is 0 Å². The number of methoxy groups -OCH3 is 1. The fourth-order valence-electron chi connectivity index (χ4n) is 4.81. The van der Waals surface area contributed by atoms with Crippen LogP contribution in [0, 0.1) is 0 Å². The number of aromatic amines is 1. The largest absolute Gasteiger partial charge is 0.497 e. The SMILES string of the molecule is CCCCN1C(=O)[C@H]2Cc3c([nH]c4ccccc34)[C@H](c3cccc(OC)c3)N2C1=O. The number of benzene rings is 2. The van der Waals surface area contributed by atoms with Crippen LogP contribution in [0.1, 0.15) is 42.6 Å². The van der Waals surface area contributed by atoms with Gasteiger partial charge in [0.15, 0.2) is 0 Å². The highest BCUT2D eigenvalue weighted by Gasteiger charge is 2.52. The number of imide groups is 1. The Labute approximate surface area is 175 Å². The van der Waals surface area contributed by atoms with Crippen molar-refractivity contribution in [2.45, 2.75) is 38.3 Å².